The fourth-order valence-corrected chi connectivity index (χ4v) is 3.47. The number of nitrogens with one attached hydrogen (secondary N) is 1. The average molecular weight is 341 g/mol. The van der Waals surface area contributed by atoms with E-state index in [1.54, 1.807) is 13.0 Å². The molecule has 24 heavy (non-hydrogen) atoms. The first kappa shape index (κ1) is 16.5. The van der Waals surface area contributed by atoms with Gasteiger partial charge in [0.15, 0.2) is 0 Å². The minimum Gasteiger partial charge on any atom is -0.325 e. The van der Waals surface area contributed by atoms with E-state index in [0.29, 0.717) is 16.3 Å². The van der Waals surface area contributed by atoms with E-state index in [2.05, 4.69) is 16.4 Å². The molecule has 0 radical (unpaired) electrons. The van der Waals surface area contributed by atoms with Crippen molar-refractivity contribution in [1.82, 2.24) is 4.98 Å². The number of amides is 1. The molecular weight excluding hydrogens is 325 g/mol. The predicted octanol–water partition coefficient (Wildman–Crippen LogP) is 3.62. The molecule has 0 unspecified atom stereocenters. The molecule has 1 aliphatic rings. The Bertz CT molecular complexity index is 845. The highest BCUT2D eigenvalue weighted by Gasteiger charge is 2.17. The standard InChI is InChI=1S/C18H16FN3OS/c1-11-5-6-14(19)8-16(11)21-17(23)10-24-18-13(9-20)7-12-3-2-4-15(12)22-18/h5-8H,2-4,10H2,1H3,(H,21,23). The van der Waals surface area contributed by atoms with Crippen molar-refractivity contribution in [3.63, 3.8) is 0 Å². The van der Waals surface area contributed by atoms with Gasteiger partial charge in [-0.25, -0.2) is 9.37 Å². The van der Waals surface area contributed by atoms with E-state index in [1.165, 1.54) is 23.9 Å². The number of aromatic nitrogens is 1. The molecule has 0 saturated carbocycles. The van der Waals surface area contributed by atoms with E-state index in [4.69, 9.17) is 0 Å². The Balaban J connectivity index is 1.68. The summed E-state index contributed by atoms with van der Waals surface area (Å²) in [5.74, 6) is -0.522. The molecule has 0 atom stereocenters. The molecule has 0 saturated heterocycles. The van der Waals surface area contributed by atoms with Crippen LogP contribution < -0.4 is 5.32 Å². The topological polar surface area (TPSA) is 65.8 Å². The molecule has 0 spiro atoms. The van der Waals surface area contributed by atoms with E-state index >= 15 is 0 Å². The van der Waals surface area contributed by atoms with Crippen molar-refractivity contribution in [2.24, 2.45) is 0 Å². The molecule has 1 amide bonds. The number of carbonyl (C=O) groups is 1. The number of fused-ring (bicyclic) bond motifs is 1. The fraction of sp³-hybridized carbons (Fsp3) is 0.278. The summed E-state index contributed by atoms with van der Waals surface area (Å²) in [5, 5.41) is 12.6. The molecule has 0 bridgehead atoms. The summed E-state index contributed by atoms with van der Waals surface area (Å²) in [5.41, 5.74) is 3.93. The maximum atomic E-state index is 13.3. The number of anilines is 1. The van der Waals surface area contributed by atoms with Crippen LogP contribution in [0.1, 0.15) is 28.8 Å². The molecule has 3 rings (SSSR count). The molecule has 1 aromatic heterocycles. The number of hydrogen-bond acceptors (Lipinski definition) is 4. The van der Waals surface area contributed by atoms with Gasteiger partial charge in [-0.3, -0.25) is 4.79 Å². The van der Waals surface area contributed by atoms with Crippen LogP contribution in [-0.2, 0) is 17.6 Å². The number of aryl methyl sites for hydroxylation is 3. The quantitative estimate of drug-likeness (QED) is 0.863. The van der Waals surface area contributed by atoms with Gasteiger partial charge in [-0.2, -0.15) is 5.26 Å². The lowest BCUT2D eigenvalue weighted by atomic mass is 10.2. The number of hydrogen-bond donors (Lipinski definition) is 1. The van der Waals surface area contributed by atoms with Gasteiger partial charge in [0.25, 0.3) is 0 Å². The van der Waals surface area contributed by atoms with Crippen LogP contribution in [-0.4, -0.2) is 16.6 Å². The molecule has 0 aliphatic heterocycles. The van der Waals surface area contributed by atoms with Crippen LogP contribution in [0, 0.1) is 24.1 Å². The van der Waals surface area contributed by atoms with Crippen LogP contribution in [0.3, 0.4) is 0 Å². The summed E-state index contributed by atoms with van der Waals surface area (Å²) in [6.45, 7) is 1.80. The monoisotopic (exact) mass is 341 g/mol. The summed E-state index contributed by atoms with van der Waals surface area (Å²) in [4.78, 5) is 16.7. The fourth-order valence-electron chi connectivity index (χ4n) is 2.69. The zero-order chi connectivity index (χ0) is 17.1. The molecule has 1 N–H and O–H groups in total. The number of thioether (sulfide) groups is 1. The number of nitrogens with zero attached hydrogens (tertiary/aromatic N) is 2. The number of nitriles is 1. The van der Waals surface area contributed by atoms with Crippen molar-refractivity contribution < 1.29 is 9.18 Å². The van der Waals surface area contributed by atoms with Gasteiger partial charge in [-0.05, 0) is 55.5 Å². The van der Waals surface area contributed by atoms with Crippen LogP contribution in [0.2, 0.25) is 0 Å². The Kier molecular flexibility index (Phi) is 4.81. The van der Waals surface area contributed by atoms with E-state index in [0.717, 1.165) is 36.1 Å². The van der Waals surface area contributed by atoms with Crippen LogP contribution >= 0.6 is 11.8 Å². The van der Waals surface area contributed by atoms with Crippen molar-refractivity contribution in [1.29, 1.82) is 5.26 Å². The van der Waals surface area contributed by atoms with Crippen molar-refractivity contribution in [2.45, 2.75) is 31.2 Å². The molecular formula is C18H16FN3OS. The summed E-state index contributed by atoms with van der Waals surface area (Å²) in [6, 6.07) is 8.30. The Morgan fingerprint density at radius 3 is 3.04 bits per heavy atom. The molecule has 4 nitrogen and oxygen atoms in total. The van der Waals surface area contributed by atoms with Gasteiger partial charge in [-0.1, -0.05) is 17.8 Å². The third-order valence-electron chi connectivity index (χ3n) is 3.95. The Morgan fingerprint density at radius 1 is 1.42 bits per heavy atom. The maximum Gasteiger partial charge on any atom is 0.234 e. The highest BCUT2D eigenvalue weighted by Crippen LogP contribution is 2.28. The third kappa shape index (κ3) is 3.57. The van der Waals surface area contributed by atoms with Gasteiger partial charge in [0, 0.05) is 11.4 Å². The second-order valence-corrected chi connectivity index (χ2v) is 6.67. The number of halogens is 1. The first-order valence-corrected chi connectivity index (χ1v) is 8.67. The van der Waals surface area contributed by atoms with Gasteiger partial charge in [0.05, 0.1) is 11.3 Å². The summed E-state index contributed by atoms with van der Waals surface area (Å²) in [7, 11) is 0. The van der Waals surface area contributed by atoms with Crippen LogP contribution in [0.15, 0.2) is 29.3 Å². The van der Waals surface area contributed by atoms with Gasteiger partial charge in [0.2, 0.25) is 5.91 Å². The summed E-state index contributed by atoms with van der Waals surface area (Å²) in [6.07, 6.45) is 2.94. The largest absolute Gasteiger partial charge is 0.325 e. The molecule has 1 aromatic carbocycles. The Hall–Kier alpha value is -2.39. The van der Waals surface area contributed by atoms with Crippen LogP contribution in [0.5, 0.6) is 0 Å². The SMILES string of the molecule is Cc1ccc(F)cc1NC(=O)CSc1nc2c(cc1C#N)CCC2. The van der Waals surface area contributed by atoms with Crippen LogP contribution in [0.25, 0.3) is 0 Å². The smallest absolute Gasteiger partial charge is 0.234 e. The zero-order valence-electron chi connectivity index (χ0n) is 13.2. The van der Waals surface area contributed by atoms with E-state index in [1.807, 2.05) is 6.07 Å². The van der Waals surface area contributed by atoms with Gasteiger partial charge >= 0.3 is 0 Å². The Morgan fingerprint density at radius 2 is 2.25 bits per heavy atom. The lowest BCUT2D eigenvalue weighted by molar-refractivity contribution is -0.113. The molecule has 122 valence electrons. The second-order valence-electron chi connectivity index (χ2n) is 5.71. The highest BCUT2D eigenvalue weighted by atomic mass is 32.2. The molecule has 2 aromatic rings. The number of pyridine rings is 1. The maximum absolute atomic E-state index is 13.3. The van der Waals surface area contributed by atoms with Gasteiger partial charge in [0.1, 0.15) is 16.9 Å². The first-order valence-electron chi connectivity index (χ1n) is 7.68. The highest BCUT2D eigenvalue weighted by molar-refractivity contribution is 8.00. The minimum absolute atomic E-state index is 0.121. The van der Waals surface area contributed by atoms with Gasteiger partial charge in [-0.15, -0.1) is 0 Å². The lowest BCUT2D eigenvalue weighted by Gasteiger charge is -2.09. The minimum atomic E-state index is -0.393. The number of benzene rings is 1. The molecule has 6 heteroatoms. The van der Waals surface area contributed by atoms with Crippen molar-refractivity contribution in [3.8, 4) is 6.07 Å². The average Bonchev–Trinajstić information content (AvgIpc) is 3.02. The third-order valence-corrected chi connectivity index (χ3v) is 4.94. The normalized spacial score (nSPS) is 12.5. The first-order chi connectivity index (χ1) is 11.6. The van der Waals surface area contributed by atoms with Crippen LogP contribution in [0.4, 0.5) is 10.1 Å². The van der Waals surface area contributed by atoms with E-state index < -0.39 is 5.82 Å². The molecule has 1 aliphatic carbocycles. The summed E-state index contributed by atoms with van der Waals surface area (Å²) < 4.78 is 13.3. The number of rotatable bonds is 4. The Labute approximate surface area is 144 Å². The van der Waals surface area contributed by atoms with Gasteiger partial charge < -0.3 is 5.32 Å². The zero-order valence-corrected chi connectivity index (χ0v) is 14.0. The predicted molar refractivity (Wildman–Crippen MR) is 91.5 cm³/mol. The van der Waals surface area contributed by atoms with E-state index in [9.17, 15) is 14.4 Å². The summed E-state index contributed by atoms with van der Waals surface area (Å²) >= 11 is 1.24. The van der Waals surface area contributed by atoms with E-state index in [-0.39, 0.29) is 11.7 Å². The second kappa shape index (κ2) is 7.02. The number of carbonyl (C=O) groups excluding carboxylic acids is 1. The van der Waals surface area contributed by atoms with Crippen molar-refractivity contribution in [3.05, 3.63) is 52.5 Å². The molecule has 1 heterocycles. The van der Waals surface area contributed by atoms with Crippen molar-refractivity contribution >= 4 is 23.4 Å². The molecule has 0 fully saturated rings. The van der Waals surface area contributed by atoms with Crippen molar-refractivity contribution in [2.75, 3.05) is 11.1 Å². The lowest BCUT2D eigenvalue weighted by Crippen LogP contribution is -2.15.